The summed E-state index contributed by atoms with van der Waals surface area (Å²) in [5, 5.41) is 11.1. The number of halogens is 1. The normalized spacial score (nSPS) is 16.5. The smallest absolute Gasteiger partial charge is 0.122 e. The number of anilines is 1. The molecule has 0 radical (unpaired) electrons. The predicted molar refractivity (Wildman–Crippen MR) is 108 cm³/mol. The van der Waals surface area contributed by atoms with Gasteiger partial charge in [-0.2, -0.15) is 0 Å². The second-order valence-corrected chi connectivity index (χ2v) is 7.44. The van der Waals surface area contributed by atoms with Crippen LogP contribution in [0.25, 0.3) is 0 Å². The van der Waals surface area contributed by atoms with E-state index in [1.807, 2.05) is 37.3 Å². The number of hydrogen-bond donors (Lipinski definition) is 1. The number of ether oxygens (including phenoxy) is 1. The molecule has 26 heavy (non-hydrogen) atoms. The summed E-state index contributed by atoms with van der Waals surface area (Å²) in [5.74, 6) is 0.848. The predicted octanol–water partition coefficient (Wildman–Crippen LogP) is 3.52. The molecule has 0 saturated carbocycles. The maximum absolute atomic E-state index is 10.3. The van der Waals surface area contributed by atoms with Gasteiger partial charge in [0, 0.05) is 43.4 Å². The molecule has 0 aliphatic carbocycles. The van der Waals surface area contributed by atoms with Crippen LogP contribution in [-0.2, 0) is 0 Å². The number of benzene rings is 2. The van der Waals surface area contributed by atoms with Gasteiger partial charge in [0.05, 0.1) is 0 Å². The van der Waals surface area contributed by atoms with Crippen molar-refractivity contribution in [2.45, 2.75) is 20.0 Å². The van der Waals surface area contributed by atoms with Crippen LogP contribution in [0.15, 0.2) is 42.5 Å². The summed E-state index contributed by atoms with van der Waals surface area (Å²) in [7, 11) is 0. The van der Waals surface area contributed by atoms with Gasteiger partial charge in [0.15, 0.2) is 0 Å². The summed E-state index contributed by atoms with van der Waals surface area (Å²) in [6, 6.07) is 14.1. The molecule has 1 fully saturated rings. The van der Waals surface area contributed by atoms with Crippen molar-refractivity contribution in [3.63, 3.8) is 0 Å². The second kappa shape index (κ2) is 8.76. The minimum atomic E-state index is -0.492. The van der Waals surface area contributed by atoms with E-state index in [1.54, 1.807) is 0 Å². The Labute approximate surface area is 160 Å². The van der Waals surface area contributed by atoms with E-state index in [9.17, 15) is 5.11 Å². The molecule has 0 unspecified atom stereocenters. The third-order valence-corrected chi connectivity index (χ3v) is 5.01. The van der Waals surface area contributed by atoms with Crippen LogP contribution in [0.3, 0.4) is 0 Å². The highest BCUT2D eigenvalue weighted by Crippen LogP contribution is 2.21. The molecule has 0 aromatic heterocycles. The molecule has 1 aliphatic rings. The number of aliphatic hydroxyl groups excluding tert-OH is 1. The van der Waals surface area contributed by atoms with Crippen molar-refractivity contribution in [2.24, 2.45) is 0 Å². The molecular formula is C21H27ClN2O2. The van der Waals surface area contributed by atoms with Gasteiger partial charge in [0.1, 0.15) is 18.5 Å². The molecule has 0 spiro atoms. The summed E-state index contributed by atoms with van der Waals surface area (Å²) >= 11 is 6.08. The molecular weight excluding hydrogens is 348 g/mol. The van der Waals surface area contributed by atoms with Crippen LogP contribution < -0.4 is 9.64 Å². The Kier molecular flexibility index (Phi) is 6.41. The van der Waals surface area contributed by atoms with Crippen molar-refractivity contribution in [3.8, 4) is 5.75 Å². The number of hydrogen-bond acceptors (Lipinski definition) is 4. The average molecular weight is 375 g/mol. The first-order chi connectivity index (χ1) is 12.5. The van der Waals surface area contributed by atoms with Gasteiger partial charge in [-0.15, -0.1) is 0 Å². The van der Waals surface area contributed by atoms with Gasteiger partial charge in [-0.25, -0.2) is 0 Å². The molecule has 2 aromatic rings. The molecule has 0 bridgehead atoms. The fraction of sp³-hybridized carbons (Fsp3) is 0.429. The fourth-order valence-electron chi connectivity index (χ4n) is 3.36. The minimum absolute atomic E-state index is 0.318. The van der Waals surface area contributed by atoms with E-state index >= 15 is 0 Å². The van der Waals surface area contributed by atoms with Crippen LogP contribution in [0.2, 0.25) is 5.02 Å². The van der Waals surface area contributed by atoms with Crippen LogP contribution in [0.1, 0.15) is 11.1 Å². The molecule has 1 saturated heterocycles. The minimum Gasteiger partial charge on any atom is -0.491 e. The van der Waals surface area contributed by atoms with Crippen LogP contribution in [0, 0.1) is 13.8 Å². The third-order valence-electron chi connectivity index (χ3n) is 4.78. The van der Waals surface area contributed by atoms with Crippen molar-refractivity contribution >= 4 is 17.3 Å². The van der Waals surface area contributed by atoms with Gasteiger partial charge in [0.2, 0.25) is 0 Å². The Morgan fingerprint density at radius 1 is 1.08 bits per heavy atom. The summed E-state index contributed by atoms with van der Waals surface area (Å²) in [6.45, 7) is 8.77. The van der Waals surface area contributed by atoms with Gasteiger partial charge in [-0.05, 0) is 43.7 Å². The van der Waals surface area contributed by atoms with E-state index in [0.717, 1.165) is 48.2 Å². The van der Waals surface area contributed by atoms with Crippen LogP contribution in [0.4, 0.5) is 5.69 Å². The number of piperazine rings is 1. The molecule has 1 heterocycles. The quantitative estimate of drug-likeness (QED) is 0.839. The van der Waals surface area contributed by atoms with Crippen molar-refractivity contribution in [1.82, 2.24) is 4.90 Å². The molecule has 1 aliphatic heterocycles. The Hall–Kier alpha value is -1.75. The molecule has 1 N–H and O–H groups in total. The fourth-order valence-corrected chi connectivity index (χ4v) is 3.54. The highest BCUT2D eigenvalue weighted by Gasteiger charge is 2.20. The SMILES string of the molecule is Cc1ccc(OC[C@@H](O)CN2CCN(c3cccc(Cl)c3)CC2)c(C)c1. The van der Waals surface area contributed by atoms with E-state index in [4.69, 9.17) is 16.3 Å². The molecule has 3 rings (SSSR count). The lowest BCUT2D eigenvalue weighted by Gasteiger charge is -2.36. The first-order valence-electron chi connectivity index (χ1n) is 9.12. The molecule has 2 aromatic carbocycles. The molecule has 140 valence electrons. The zero-order chi connectivity index (χ0) is 18.5. The van der Waals surface area contributed by atoms with Gasteiger partial charge in [-0.3, -0.25) is 4.90 Å². The van der Waals surface area contributed by atoms with Crippen LogP contribution in [-0.4, -0.2) is 55.4 Å². The zero-order valence-corrected chi connectivity index (χ0v) is 16.2. The lowest BCUT2D eigenvalue weighted by molar-refractivity contribution is 0.0661. The van der Waals surface area contributed by atoms with Crippen molar-refractivity contribution in [1.29, 1.82) is 0 Å². The lowest BCUT2D eigenvalue weighted by Crippen LogP contribution is -2.49. The van der Waals surface area contributed by atoms with Crippen LogP contribution in [0.5, 0.6) is 5.75 Å². The van der Waals surface area contributed by atoms with Crippen molar-refractivity contribution in [2.75, 3.05) is 44.2 Å². The number of aryl methyl sites for hydroxylation is 2. The first-order valence-corrected chi connectivity index (χ1v) is 9.50. The monoisotopic (exact) mass is 374 g/mol. The largest absolute Gasteiger partial charge is 0.491 e. The highest BCUT2D eigenvalue weighted by molar-refractivity contribution is 6.30. The molecule has 1 atom stereocenters. The Morgan fingerprint density at radius 2 is 1.85 bits per heavy atom. The van der Waals surface area contributed by atoms with E-state index in [2.05, 4.69) is 28.9 Å². The van der Waals surface area contributed by atoms with E-state index in [1.165, 1.54) is 5.56 Å². The van der Waals surface area contributed by atoms with E-state index in [-0.39, 0.29) is 0 Å². The Morgan fingerprint density at radius 3 is 2.54 bits per heavy atom. The lowest BCUT2D eigenvalue weighted by atomic mass is 10.1. The van der Waals surface area contributed by atoms with Gasteiger partial charge in [0.25, 0.3) is 0 Å². The average Bonchev–Trinajstić information content (AvgIpc) is 2.61. The summed E-state index contributed by atoms with van der Waals surface area (Å²) in [5.41, 5.74) is 3.48. The van der Waals surface area contributed by atoms with Crippen molar-refractivity contribution in [3.05, 3.63) is 58.6 Å². The highest BCUT2D eigenvalue weighted by atomic mass is 35.5. The number of nitrogens with zero attached hydrogens (tertiary/aromatic N) is 2. The second-order valence-electron chi connectivity index (χ2n) is 7.00. The molecule has 4 nitrogen and oxygen atoms in total. The Bertz CT molecular complexity index is 730. The number of β-amino-alcohol motifs (C(OH)–C–C–N with tert-alkyl or cyclic N) is 1. The standard InChI is InChI=1S/C21H27ClN2O2/c1-16-6-7-21(17(2)12-16)26-15-20(25)14-23-8-10-24(11-9-23)19-5-3-4-18(22)13-19/h3-7,12-13,20,25H,8-11,14-15H2,1-2H3/t20-/m0/s1. The summed E-state index contributed by atoms with van der Waals surface area (Å²) < 4.78 is 5.80. The first kappa shape index (κ1) is 19.0. The van der Waals surface area contributed by atoms with Crippen molar-refractivity contribution < 1.29 is 9.84 Å². The molecule has 5 heteroatoms. The van der Waals surface area contributed by atoms with Crippen LogP contribution >= 0.6 is 11.6 Å². The van der Waals surface area contributed by atoms with Gasteiger partial charge >= 0.3 is 0 Å². The molecule has 0 amide bonds. The van der Waals surface area contributed by atoms with E-state index < -0.39 is 6.10 Å². The topological polar surface area (TPSA) is 35.9 Å². The van der Waals surface area contributed by atoms with Gasteiger partial charge in [-0.1, -0.05) is 35.4 Å². The van der Waals surface area contributed by atoms with Gasteiger partial charge < -0.3 is 14.7 Å². The van der Waals surface area contributed by atoms with E-state index in [0.29, 0.717) is 13.2 Å². The third kappa shape index (κ3) is 5.13. The maximum atomic E-state index is 10.3. The maximum Gasteiger partial charge on any atom is 0.122 e. The summed E-state index contributed by atoms with van der Waals surface area (Å²) in [6.07, 6.45) is -0.492. The Balaban J connectivity index is 1.44. The number of rotatable bonds is 6. The zero-order valence-electron chi connectivity index (χ0n) is 15.5. The summed E-state index contributed by atoms with van der Waals surface area (Å²) in [4.78, 5) is 4.62. The number of aliphatic hydroxyl groups is 1.